The topological polar surface area (TPSA) is 45.0 Å². The van der Waals surface area contributed by atoms with Crippen LogP contribution in [0.25, 0.3) is 0 Å². The molecule has 1 aromatic carbocycles. The van der Waals surface area contributed by atoms with E-state index in [9.17, 15) is 0 Å². The van der Waals surface area contributed by atoms with Crippen molar-refractivity contribution in [2.24, 2.45) is 5.41 Å². The van der Waals surface area contributed by atoms with E-state index in [1.54, 1.807) is 7.11 Å². The van der Waals surface area contributed by atoms with E-state index < -0.39 is 0 Å². The smallest absolute Gasteiger partial charge is 0.123 e. The number of nitrogens with one attached hydrogen (secondary N) is 1. The van der Waals surface area contributed by atoms with Gasteiger partial charge in [-0.1, -0.05) is 18.2 Å². The number of nitrogens with zero attached hydrogens (tertiary/aromatic N) is 1. The summed E-state index contributed by atoms with van der Waals surface area (Å²) in [7, 11) is 1.67. The first-order valence-electron chi connectivity index (χ1n) is 5.78. The summed E-state index contributed by atoms with van der Waals surface area (Å²) in [6.07, 6.45) is 0. The average molecular weight is 232 g/mol. The molecule has 0 fully saturated rings. The molecule has 0 bridgehead atoms. The maximum atomic E-state index is 8.96. The van der Waals surface area contributed by atoms with Gasteiger partial charge >= 0.3 is 0 Å². The van der Waals surface area contributed by atoms with Gasteiger partial charge in [-0.05, 0) is 26.8 Å². The van der Waals surface area contributed by atoms with Crippen LogP contribution in [0.15, 0.2) is 24.3 Å². The fraction of sp³-hybridized carbons (Fsp3) is 0.500. The molecule has 92 valence electrons. The molecule has 0 spiro atoms. The number of nitriles is 1. The van der Waals surface area contributed by atoms with Crippen molar-refractivity contribution in [1.82, 2.24) is 5.32 Å². The van der Waals surface area contributed by atoms with Crippen LogP contribution in [-0.4, -0.2) is 13.7 Å². The van der Waals surface area contributed by atoms with Gasteiger partial charge in [-0.25, -0.2) is 0 Å². The summed E-state index contributed by atoms with van der Waals surface area (Å²) >= 11 is 0. The van der Waals surface area contributed by atoms with Crippen molar-refractivity contribution in [3.8, 4) is 11.8 Å². The molecule has 1 aromatic rings. The second-order valence-corrected chi connectivity index (χ2v) is 4.84. The molecule has 0 aliphatic carbocycles. The monoisotopic (exact) mass is 232 g/mol. The van der Waals surface area contributed by atoms with E-state index in [2.05, 4.69) is 18.3 Å². The molecule has 0 radical (unpaired) electrons. The van der Waals surface area contributed by atoms with Crippen molar-refractivity contribution in [2.45, 2.75) is 26.8 Å². The molecule has 3 heteroatoms. The van der Waals surface area contributed by atoms with E-state index in [1.807, 2.05) is 38.1 Å². The van der Waals surface area contributed by atoms with Crippen LogP contribution in [-0.2, 0) is 0 Å². The first kappa shape index (κ1) is 13.5. The van der Waals surface area contributed by atoms with Crippen LogP contribution < -0.4 is 10.1 Å². The third-order valence-corrected chi connectivity index (χ3v) is 2.76. The summed E-state index contributed by atoms with van der Waals surface area (Å²) in [6, 6.07) is 10.4. The van der Waals surface area contributed by atoms with Gasteiger partial charge < -0.3 is 10.1 Å². The number of rotatable bonds is 5. The molecule has 3 nitrogen and oxygen atoms in total. The Bertz CT molecular complexity index is 407. The Morgan fingerprint density at radius 2 is 2.06 bits per heavy atom. The van der Waals surface area contributed by atoms with Crippen molar-refractivity contribution >= 4 is 0 Å². The lowest BCUT2D eigenvalue weighted by Crippen LogP contribution is -2.30. The molecule has 0 saturated heterocycles. The van der Waals surface area contributed by atoms with Crippen molar-refractivity contribution in [2.75, 3.05) is 13.7 Å². The van der Waals surface area contributed by atoms with E-state index >= 15 is 0 Å². The van der Waals surface area contributed by atoms with Crippen LogP contribution in [0, 0.1) is 16.7 Å². The second-order valence-electron chi connectivity index (χ2n) is 4.84. The minimum absolute atomic E-state index is 0.166. The Kier molecular flexibility index (Phi) is 4.53. The van der Waals surface area contributed by atoms with Gasteiger partial charge in [-0.2, -0.15) is 5.26 Å². The maximum absolute atomic E-state index is 8.96. The zero-order valence-corrected chi connectivity index (χ0v) is 10.9. The minimum atomic E-state index is -0.351. The van der Waals surface area contributed by atoms with E-state index in [4.69, 9.17) is 10.00 Å². The Morgan fingerprint density at radius 1 is 1.41 bits per heavy atom. The molecule has 1 unspecified atom stereocenters. The van der Waals surface area contributed by atoms with Crippen molar-refractivity contribution in [3.63, 3.8) is 0 Å². The van der Waals surface area contributed by atoms with Gasteiger partial charge in [-0.3, -0.25) is 0 Å². The van der Waals surface area contributed by atoms with Crippen LogP contribution in [0.3, 0.4) is 0 Å². The quantitative estimate of drug-likeness (QED) is 0.849. The third kappa shape index (κ3) is 3.76. The largest absolute Gasteiger partial charge is 0.496 e. The van der Waals surface area contributed by atoms with Crippen LogP contribution in [0.4, 0.5) is 0 Å². The number of para-hydroxylation sites is 1. The Hall–Kier alpha value is -1.53. The minimum Gasteiger partial charge on any atom is -0.496 e. The molecule has 0 heterocycles. The van der Waals surface area contributed by atoms with E-state index in [0.717, 1.165) is 11.3 Å². The SMILES string of the molecule is COc1ccccc1C(C)NCC(C)(C)C#N. The van der Waals surface area contributed by atoms with Crippen LogP contribution in [0.5, 0.6) is 5.75 Å². The number of ether oxygens (including phenoxy) is 1. The van der Waals surface area contributed by atoms with Crippen molar-refractivity contribution in [3.05, 3.63) is 29.8 Å². The molecule has 0 aliphatic heterocycles. The molecule has 1 N–H and O–H groups in total. The first-order chi connectivity index (χ1) is 8.00. The lowest BCUT2D eigenvalue weighted by atomic mass is 9.95. The molecule has 0 amide bonds. The number of methoxy groups -OCH3 is 1. The Labute approximate surface area is 103 Å². The van der Waals surface area contributed by atoms with Gasteiger partial charge in [0.1, 0.15) is 5.75 Å². The highest BCUT2D eigenvalue weighted by Gasteiger charge is 2.18. The molecule has 1 rings (SSSR count). The maximum Gasteiger partial charge on any atom is 0.123 e. The van der Waals surface area contributed by atoms with Crippen LogP contribution in [0.1, 0.15) is 32.4 Å². The summed E-state index contributed by atoms with van der Waals surface area (Å²) in [6.45, 7) is 6.58. The molecular weight excluding hydrogens is 212 g/mol. The van der Waals surface area contributed by atoms with Gasteiger partial charge in [0.05, 0.1) is 18.6 Å². The molecule has 0 saturated carbocycles. The first-order valence-corrected chi connectivity index (χ1v) is 5.78. The zero-order chi connectivity index (χ0) is 12.9. The molecule has 1 atom stereocenters. The fourth-order valence-corrected chi connectivity index (χ4v) is 1.58. The number of benzene rings is 1. The Balaban J connectivity index is 2.71. The highest BCUT2D eigenvalue weighted by molar-refractivity contribution is 5.35. The summed E-state index contributed by atoms with van der Waals surface area (Å²) in [5, 5.41) is 12.3. The van der Waals surface area contributed by atoms with E-state index in [1.165, 1.54) is 0 Å². The molecular formula is C14H20N2O. The van der Waals surface area contributed by atoms with Gasteiger partial charge in [0.15, 0.2) is 0 Å². The average Bonchev–Trinajstić information content (AvgIpc) is 2.36. The Morgan fingerprint density at radius 3 is 2.65 bits per heavy atom. The van der Waals surface area contributed by atoms with Crippen LogP contribution in [0.2, 0.25) is 0 Å². The van der Waals surface area contributed by atoms with E-state index in [-0.39, 0.29) is 11.5 Å². The normalized spacial score (nSPS) is 12.9. The van der Waals surface area contributed by atoms with Crippen molar-refractivity contribution in [1.29, 1.82) is 5.26 Å². The summed E-state index contributed by atoms with van der Waals surface area (Å²) in [4.78, 5) is 0. The van der Waals surface area contributed by atoms with Crippen molar-refractivity contribution < 1.29 is 4.74 Å². The highest BCUT2D eigenvalue weighted by Crippen LogP contribution is 2.25. The molecule has 0 aliphatic rings. The lowest BCUT2D eigenvalue weighted by Gasteiger charge is -2.22. The molecule has 0 aromatic heterocycles. The molecule has 17 heavy (non-hydrogen) atoms. The van der Waals surface area contributed by atoms with Gasteiger partial charge in [0.25, 0.3) is 0 Å². The predicted molar refractivity (Wildman–Crippen MR) is 68.8 cm³/mol. The van der Waals surface area contributed by atoms with E-state index in [0.29, 0.717) is 6.54 Å². The third-order valence-electron chi connectivity index (χ3n) is 2.76. The van der Waals surface area contributed by atoms with Gasteiger partial charge in [0, 0.05) is 18.2 Å². The predicted octanol–water partition coefficient (Wildman–Crippen LogP) is 2.90. The highest BCUT2D eigenvalue weighted by atomic mass is 16.5. The number of hydrogen-bond donors (Lipinski definition) is 1. The summed E-state index contributed by atoms with van der Waals surface area (Å²) in [5.74, 6) is 0.877. The lowest BCUT2D eigenvalue weighted by molar-refractivity contribution is 0.386. The standard InChI is InChI=1S/C14H20N2O/c1-11(16-10-14(2,3)9-15)12-7-5-6-8-13(12)17-4/h5-8,11,16H,10H2,1-4H3. The van der Waals surface area contributed by atoms with Gasteiger partial charge in [-0.15, -0.1) is 0 Å². The van der Waals surface area contributed by atoms with Gasteiger partial charge in [0.2, 0.25) is 0 Å². The number of hydrogen-bond acceptors (Lipinski definition) is 3. The van der Waals surface area contributed by atoms with Crippen LogP contribution >= 0.6 is 0 Å². The zero-order valence-electron chi connectivity index (χ0n) is 10.9. The summed E-state index contributed by atoms with van der Waals surface area (Å²) in [5.41, 5.74) is 0.764. The second kappa shape index (κ2) is 5.70. The summed E-state index contributed by atoms with van der Waals surface area (Å²) < 4.78 is 5.32. The fourth-order valence-electron chi connectivity index (χ4n) is 1.58.